The lowest BCUT2D eigenvalue weighted by atomic mass is 10.2. The number of hydrogen-bond acceptors (Lipinski definition) is 8. The molecule has 0 aliphatic heterocycles. The largest absolute Gasteiger partial charge is 0.462 e. The van der Waals surface area contributed by atoms with Gasteiger partial charge in [0.15, 0.2) is 0 Å². The Kier molecular flexibility index (Phi) is 13.3. The van der Waals surface area contributed by atoms with E-state index >= 15 is 0 Å². The van der Waals surface area contributed by atoms with E-state index in [0.717, 1.165) is 7.14 Å². The molecule has 0 fully saturated rings. The number of pyridine rings is 2. The Morgan fingerprint density at radius 2 is 1.36 bits per heavy atom. The minimum Gasteiger partial charge on any atom is -0.462 e. The van der Waals surface area contributed by atoms with Crippen LogP contribution in [0.5, 0.6) is 0 Å². The van der Waals surface area contributed by atoms with Gasteiger partial charge in [-0.25, -0.2) is 18.4 Å². The number of benzene rings is 2. The molecule has 2 aromatic carbocycles. The number of aromatic amines is 1. The number of hydrogen-bond donors (Lipinski definition) is 3. The average molecular weight is 844 g/mol. The number of rotatable bonds is 10. The van der Waals surface area contributed by atoms with E-state index in [1.165, 1.54) is 47.3 Å². The molecule has 0 bridgehead atoms. The molecule has 0 spiro atoms. The lowest BCUT2D eigenvalue weighted by Crippen LogP contribution is -2.22. The van der Waals surface area contributed by atoms with Crippen LogP contribution in [-0.2, 0) is 16.0 Å². The van der Waals surface area contributed by atoms with E-state index in [-0.39, 0.29) is 59.2 Å². The highest BCUT2D eigenvalue weighted by atomic mass is 127. The minimum atomic E-state index is -0.595. The van der Waals surface area contributed by atoms with Crippen LogP contribution in [0.15, 0.2) is 83.2 Å². The first kappa shape index (κ1) is 35.4. The molecule has 0 unspecified atom stereocenters. The quantitative estimate of drug-likeness (QED) is 0.0910. The number of nitrogens with one attached hydrogen (secondary N) is 3. The minimum absolute atomic E-state index is 0.134. The zero-order valence-corrected chi connectivity index (χ0v) is 28.4. The summed E-state index contributed by atoms with van der Waals surface area (Å²) in [6.07, 6.45) is 4.17. The third-order valence-corrected chi connectivity index (χ3v) is 7.11. The highest BCUT2D eigenvalue weighted by molar-refractivity contribution is 14.1. The Morgan fingerprint density at radius 1 is 0.844 bits per heavy atom. The van der Waals surface area contributed by atoms with Gasteiger partial charge in [0.1, 0.15) is 11.6 Å². The fraction of sp³-hybridized carbons (Fsp3) is 0.161. The van der Waals surface area contributed by atoms with Crippen LogP contribution in [0.3, 0.4) is 0 Å². The number of nitrogens with zero attached hydrogens (tertiary/aromatic N) is 1. The average Bonchev–Trinajstić information content (AvgIpc) is 2.98. The Hall–Kier alpha value is -4.06. The number of anilines is 4. The van der Waals surface area contributed by atoms with E-state index in [1.54, 1.807) is 38.1 Å². The molecule has 4 rings (SSSR count). The summed E-state index contributed by atoms with van der Waals surface area (Å²) < 4.78 is 40.6. The van der Waals surface area contributed by atoms with Crippen LogP contribution in [0.25, 0.3) is 0 Å². The van der Waals surface area contributed by atoms with Crippen LogP contribution in [0.1, 0.15) is 34.6 Å². The van der Waals surface area contributed by atoms with Crippen molar-refractivity contribution < 1.29 is 27.8 Å². The van der Waals surface area contributed by atoms with Crippen molar-refractivity contribution in [3.05, 3.63) is 124 Å². The van der Waals surface area contributed by atoms with E-state index in [0.29, 0.717) is 0 Å². The molecule has 0 aliphatic carbocycles. The van der Waals surface area contributed by atoms with Gasteiger partial charge < -0.3 is 29.7 Å². The molecule has 2 aromatic heterocycles. The van der Waals surface area contributed by atoms with Crippen LogP contribution in [0.2, 0.25) is 0 Å². The lowest BCUT2D eigenvalue weighted by Gasteiger charge is -2.14. The van der Waals surface area contributed by atoms with Crippen molar-refractivity contribution >= 4 is 79.9 Å². The molecule has 0 atom stereocenters. The zero-order chi connectivity index (χ0) is 33.1. The molecule has 4 aromatic rings. The molecule has 2 heterocycles. The Morgan fingerprint density at radius 3 is 1.84 bits per heavy atom. The molecular formula is C31H28F2I2N4O6. The van der Waals surface area contributed by atoms with E-state index in [2.05, 4.69) is 22.2 Å². The second-order valence-corrected chi connectivity index (χ2v) is 11.4. The highest BCUT2D eigenvalue weighted by Gasteiger charge is 2.17. The van der Waals surface area contributed by atoms with Gasteiger partial charge in [-0.05, 0) is 95.4 Å². The van der Waals surface area contributed by atoms with Crippen LogP contribution in [0, 0.1) is 18.8 Å². The maximum Gasteiger partial charge on any atom is 0.341 e. The summed E-state index contributed by atoms with van der Waals surface area (Å²) in [7, 11) is 0. The number of aromatic nitrogens is 2. The van der Waals surface area contributed by atoms with Gasteiger partial charge in [-0.2, -0.15) is 0 Å². The molecule has 0 saturated carbocycles. The van der Waals surface area contributed by atoms with Crippen molar-refractivity contribution in [2.75, 3.05) is 23.8 Å². The second-order valence-electron chi connectivity index (χ2n) is 8.94. The third kappa shape index (κ3) is 9.97. The molecule has 236 valence electrons. The summed E-state index contributed by atoms with van der Waals surface area (Å²) in [6, 6.07) is 11.6. The predicted molar refractivity (Wildman–Crippen MR) is 185 cm³/mol. The molecule has 45 heavy (non-hydrogen) atoms. The van der Waals surface area contributed by atoms with Crippen LogP contribution < -0.4 is 21.8 Å². The lowest BCUT2D eigenvalue weighted by molar-refractivity contribution is 0.0517. The monoisotopic (exact) mass is 844 g/mol. The maximum atomic E-state index is 14.0. The Labute approximate surface area is 284 Å². The van der Waals surface area contributed by atoms with Crippen LogP contribution >= 0.6 is 45.2 Å². The van der Waals surface area contributed by atoms with Crippen molar-refractivity contribution in [1.29, 1.82) is 0 Å². The van der Waals surface area contributed by atoms with Gasteiger partial charge in [0.05, 0.1) is 47.1 Å². The summed E-state index contributed by atoms with van der Waals surface area (Å²) in [5.41, 5.74) is 0.267. The number of carbonyl (C=O) groups is 2. The van der Waals surface area contributed by atoms with Gasteiger partial charge in [0, 0.05) is 38.2 Å². The van der Waals surface area contributed by atoms with Crippen molar-refractivity contribution in [2.45, 2.75) is 20.4 Å². The van der Waals surface area contributed by atoms with Gasteiger partial charge in [0.2, 0.25) is 5.56 Å². The molecule has 0 radical (unpaired) electrons. The number of carbonyl (C=O) groups excluding carboxylic acids is 2. The van der Waals surface area contributed by atoms with Crippen molar-refractivity contribution in [3.8, 4) is 0 Å². The van der Waals surface area contributed by atoms with E-state index in [1.807, 2.05) is 45.2 Å². The molecule has 0 saturated heterocycles. The molecule has 3 N–H and O–H groups in total. The molecule has 10 nitrogen and oxygen atoms in total. The molecule has 14 heteroatoms. The van der Waals surface area contributed by atoms with Crippen molar-refractivity contribution in [3.63, 3.8) is 0 Å². The number of H-pyrrole nitrogens is 1. The third-order valence-electron chi connectivity index (χ3n) is 5.77. The van der Waals surface area contributed by atoms with Gasteiger partial charge >= 0.3 is 11.9 Å². The summed E-state index contributed by atoms with van der Waals surface area (Å²) in [5, 5.41) is 5.55. The number of halogens is 4. The second kappa shape index (κ2) is 16.9. The summed E-state index contributed by atoms with van der Waals surface area (Å²) in [6.45, 7) is 7.58. The molecule has 0 aliphatic rings. The number of ether oxygens (including phenoxy) is 2. The topological polar surface area (TPSA) is 132 Å². The maximum absolute atomic E-state index is 14.0. The Balaban J connectivity index is 0.000000248. The fourth-order valence-electron chi connectivity index (χ4n) is 3.75. The van der Waals surface area contributed by atoms with Crippen molar-refractivity contribution in [1.82, 2.24) is 9.55 Å². The first-order chi connectivity index (χ1) is 21.5. The smallest absolute Gasteiger partial charge is 0.341 e. The SMILES string of the molecule is C=CCn1cc(C(=O)OCC)c(Nc2ccc(I)cc2F)cc1=O.CCOC(=O)c1c[nH]c(=O)cc1Nc1ccc(I)cc1F. The van der Waals surface area contributed by atoms with Crippen LogP contribution in [0.4, 0.5) is 31.5 Å². The number of esters is 2. The summed E-state index contributed by atoms with van der Waals surface area (Å²) in [5.74, 6) is -2.14. The van der Waals surface area contributed by atoms with Gasteiger partial charge in [-0.15, -0.1) is 6.58 Å². The highest BCUT2D eigenvalue weighted by Crippen LogP contribution is 2.25. The summed E-state index contributed by atoms with van der Waals surface area (Å²) in [4.78, 5) is 49.9. The van der Waals surface area contributed by atoms with Gasteiger partial charge in [0.25, 0.3) is 5.56 Å². The predicted octanol–water partition coefficient (Wildman–Crippen LogP) is 6.74. The molecular weight excluding hydrogens is 816 g/mol. The first-order valence-electron chi connectivity index (χ1n) is 13.3. The summed E-state index contributed by atoms with van der Waals surface area (Å²) >= 11 is 3.99. The number of allylic oxidation sites excluding steroid dienone is 1. The van der Waals surface area contributed by atoms with E-state index < -0.39 is 29.1 Å². The van der Waals surface area contributed by atoms with E-state index in [9.17, 15) is 28.0 Å². The standard InChI is InChI=1S/C17H16FIN2O3.C14H12FIN2O3/c1-3-7-21-10-12(17(23)24-4-2)15(9-16(21)22)20-14-6-5-11(19)8-13(14)18;1-2-21-14(20)9-7-17-13(19)6-12(9)18-11-4-3-8(16)5-10(11)15/h3,5-6,8-10,20H,1,4,7H2,2H3;3-7H,2H2,1H3,(H2,17,18,19). The van der Waals surface area contributed by atoms with E-state index in [4.69, 9.17) is 9.47 Å². The first-order valence-corrected chi connectivity index (χ1v) is 15.5. The normalized spacial score (nSPS) is 10.3. The van der Waals surface area contributed by atoms with Gasteiger partial charge in [-0.3, -0.25) is 9.59 Å². The van der Waals surface area contributed by atoms with Gasteiger partial charge in [-0.1, -0.05) is 6.08 Å². The van der Waals surface area contributed by atoms with Crippen LogP contribution in [-0.4, -0.2) is 34.7 Å². The Bertz CT molecular complexity index is 1830. The van der Waals surface area contributed by atoms with Crippen molar-refractivity contribution in [2.24, 2.45) is 0 Å². The zero-order valence-electron chi connectivity index (χ0n) is 24.1. The fourth-order valence-corrected chi connectivity index (χ4v) is 4.66. The molecule has 0 amide bonds.